The van der Waals surface area contributed by atoms with E-state index in [2.05, 4.69) is 15.2 Å². The van der Waals surface area contributed by atoms with E-state index >= 15 is 0 Å². The Hall–Kier alpha value is -2.60. The standard InChI is InChI=1S/C18H20N4O5S2/c1-11-7-13(19)16(27-5-2-6-29(24,25)26)9-15(11)21-22-18-20-14-4-3-12(10-23)8-17(14)28-18/h3-4,7-9,23H,2,5-6,10,19H2,1H3,(H,24,25,26). The van der Waals surface area contributed by atoms with E-state index in [0.717, 1.165) is 21.3 Å². The molecule has 29 heavy (non-hydrogen) atoms. The van der Waals surface area contributed by atoms with Gasteiger partial charge in [0.15, 0.2) is 0 Å². The highest BCUT2D eigenvalue weighted by Gasteiger charge is 2.09. The number of nitrogens with zero attached hydrogens (tertiary/aromatic N) is 3. The molecule has 0 spiro atoms. The van der Waals surface area contributed by atoms with Gasteiger partial charge in [-0.15, -0.1) is 10.2 Å². The van der Waals surface area contributed by atoms with Crippen molar-refractivity contribution >= 4 is 48.2 Å². The summed E-state index contributed by atoms with van der Waals surface area (Å²) in [5, 5.41) is 18.1. The molecule has 0 saturated carbocycles. The van der Waals surface area contributed by atoms with Crippen LogP contribution in [0.15, 0.2) is 40.6 Å². The first-order chi connectivity index (χ1) is 13.7. The molecule has 154 valence electrons. The second-order valence-electron chi connectivity index (χ2n) is 6.32. The van der Waals surface area contributed by atoms with Gasteiger partial charge in [-0.1, -0.05) is 17.4 Å². The number of hydrogen-bond donors (Lipinski definition) is 3. The van der Waals surface area contributed by atoms with Crippen LogP contribution in [0, 0.1) is 6.92 Å². The average molecular weight is 437 g/mol. The quantitative estimate of drug-likeness (QED) is 0.211. The molecule has 3 aromatic rings. The van der Waals surface area contributed by atoms with Crippen molar-refractivity contribution in [1.29, 1.82) is 0 Å². The van der Waals surface area contributed by atoms with E-state index in [1.54, 1.807) is 18.2 Å². The molecule has 3 rings (SSSR count). The molecule has 9 nitrogen and oxygen atoms in total. The summed E-state index contributed by atoms with van der Waals surface area (Å²) in [5.74, 6) is -0.0298. The summed E-state index contributed by atoms with van der Waals surface area (Å²) in [4.78, 5) is 4.40. The molecule has 0 saturated heterocycles. The third kappa shape index (κ3) is 5.70. The van der Waals surface area contributed by atoms with Crippen molar-refractivity contribution in [3.05, 3.63) is 41.5 Å². The second-order valence-corrected chi connectivity index (χ2v) is 8.90. The van der Waals surface area contributed by atoms with Gasteiger partial charge in [0.25, 0.3) is 10.1 Å². The van der Waals surface area contributed by atoms with Gasteiger partial charge in [-0.05, 0) is 42.7 Å². The average Bonchev–Trinajstić information content (AvgIpc) is 3.06. The molecule has 0 fully saturated rings. The van der Waals surface area contributed by atoms with Gasteiger partial charge in [-0.2, -0.15) is 8.42 Å². The van der Waals surface area contributed by atoms with Gasteiger partial charge in [-0.3, -0.25) is 4.55 Å². The molecule has 1 aromatic heterocycles. The first kappa shape index (κ1) is 21.1. The minimum absolute atomic E-state index is 0.0394. The lowest BCUT2D eigenvalue weighted by atomic mass is 10.1. The molecule has 2 aromatic carbocycles. The van der Waals surface area contributed by atoms with E-state index in [1.807, 2.05) is 19.1 Å². The van der Waals surface area contributed by atoms with Crippen molar-refractivity contribution in [2.75, 3.05) is 18.1 Å². The van der Waals surface area contributed by atoms with Crippen LogP contribution in [0.1, 0.15) is 17.5 Å². The zero-order valence-corrected chi connectivity index (χ0v) is 17.2. The molecule has 0 aliphatic carbocycles. The molecular formula is C18H20N4O5S2. The molecule has 0 amide bonds. The molecule has 0 bridgehead atoms. The highest BCUT2D eigenvalue weighted by Crippen LogP contribution is 2.34. The van der Waals surface area contributed by atoms with Crippen LogP contribution in [0.25, 0.3) is 10.2 Å². The minimum Gasteiger partial charge on any atom is -0.491 e. The molecule has 0 radical (unpaired) electrons. The van der Waals surface area contributed by atoms with Crippen molar-refractivity contribution in [3.63, 3.8) is 0 Å². The Balaban J connectivity index is 1.76. The largest absolute Gasteiger partial charge is 0.491 e. The minimum atomic E-state index is -4.02. The lowest BCUT2D eigenvalue weighted by Crippen LogP contribution is -2.09. The number of nitrogen functional groups attached to an aromatic ring is 1. The Labute approximate surface area is 171 Å². The number of thiazole rings is 1. The highest BCUT2D eigenvalue weighted by molar-refractivity contribution is 7.85. The molecule has 0 unspecified atom stereocenters. The van der Waals surface area contributed by atoms with Crippen molar-refractivity contribution in [2.45, 2.75) is 20.0 Å². The van der Waals surface area contributed by atoms with Gasteiger partial charge >= 0.3 is 0 Å². The summed E-state index contributed by atoms with van der Waals surface area (Å²) in [6.45, 7) is 1.87. The Morgan fingerprint density at radius 3 is 2.76 bits per heavy atom. The van der Waals surface area contributed by atoms with E-state index in [1.165, 1.54) is 11.3 Å². The van der Waals surface area contributed by atoms with Crippen LogP contribution in [0.3, 0.4) is 0 Å². The number of benzene rings is 2. The Morgan fingerprint density at radius 2 is 2.03 bits per heavy atom. The maximum atomic E-state index is 10.8. The molecule has 0 aliphatic rings. The van der Waals surface area contributed by atoms with Crippen molar-refractivity contribution in [3.8, 4) is 5.75 Å². The zero-order chi connectivity index (χ0) is 21.0. The fraction of sp³-hybridized carbons (Fsp3) is 0.278. The van der Waals surface area contributed by atoms with E-state index in [9.17, 15) is 13.5 Å². The maximum Gasteiger partial charge on any atom is 0.264 e. The predicted octanol–water partition coefficient (Wildman–Crippen LogP) is 3.75. The van der Waals surface area contributed by atoms with Crippen LogP contribution >= 0.6 is 11.3 Å². The number of aliphatic hydroxyl groups excluding tert-OH is 1. The van der Waals surface area contributed by atoms with Gasteiger partial charge in [0, 0.05) is 6.07 Å². The summed E-state index contributed by atoms with van der Waals surface area (Å²) in [5.41, 5.74) is 9.25. The lowest BCUT2D eigenvalue weighted by molar-refractivity contribution is 0.282. The van der Waals surface area contributed by atoms with Gasteiger partial charge in [-0.25, -0.2) is 4.98 Å². The number of nitrogens with two attached hydrogens (primary N) is 1. The Morgan fingerprint density at radius 1 is 1.24 bits per heavy atom. The number of azo groups is 1. The third-order valence-corrected chi connectivity index (χ3v) is 5.71. The lowest BCUT2D eigenvalue weighted by Gasteiger charge is -2.10. The number of aromatic nitrogens is 1. The Kier molecular flexibility index (Phi) is 6.42. The van der Waals surface area contributed by atoms with Crippen LogP contribution in [-0.2, 0) is 16.7 Å². The van der Waals surface area contributed by atoms with E-state index in [0.29, 0.717) is 22.3 Å². The van der Waals surface area contributed by atoms with Gasteiger partial charge < -0.3 is 15.6 Å². The maximum absolute atomic E-state index is 10.8. The number of ether oxygens (including phenoxy) is 1. The number of fused-ring (bicyclic) bond motifs is 1. The van der Waals surface area contributed by atoms with E-state index < -0.39 is 10.1 Å². The van der Waals surface area contributed by atoms with E-state index in [4.69, 9.17) is 15.0 Å². The van der Waals surface area contributed by atoms with Gasteiger partial charge in [0.1, 0.15) is 5.75 Å². The summed E-state index contributed by atoms with van der Waals surface area (Å²) in [6, 6.07) is 8.80. The van der Waals surface area contributed by atoms with Crippen LogP contribution in [-0.4, -0.2) is 35.4 Å². The van der Waals surface area contributed by atoms with Crippen LogP contribution in [0.4, 0.5) is 16.5 Å². The Bertz CT molecular complexity index is 1160. The number of aliphatic hydroxyl groups is 1. The molecule has 4 N–H and O–H groups in total. The number of hydrogen-bond acceptors (Lipinski definition) is 9. The smallest absolute Gasteiger partial charge is 0.264 e. The van der Waals surface area contributed by atoms with Crippen LogP contribution in [0.5, 0.6) is 5.75 Å². The topological polar surface area (TPSA) is 147 Å². The SMILES string of the molecule is Cc1cc(N)c(OCCCS(=O)(=O)O)cc1N=Nc1nc2ccc(CO)cc2s1. The number of rotatable bonds is 8. The molecule has 11 heteroatoms. The van der Waals surface area contributed by atoms with E-state index in [-0.39, 0.29) is 25.4 Å². The van der Waals surface area contributed by atoms with Crippen LogP contribution < -0.4 is 10.5 Å². The van der Waals surface area contributed by atoms with Gasteiger partial charge in [0.05, 0.1) is 40.6 Å². The van der Waals surface area contributed by atoms with Crippen LogP contribution in [0.2, 0.25) is 0 Å². The number of anilines is 1. The summed E-state index contributed by atoms with van der Waals surface area (Å²) in [7, 11) is -4.02. The summed E-state index contributed by atoms with van der Waals surface area (Å²) >= 11 is 1.36. The first-order valence-corrected chi connectivity index (χ1v) is 11.1. The third-order valence-electron chi connectivity index (χ3n) is 4.00. The second kappa shape index (κ2) is 8.82. The normalized spacial score (nSPS) is 12.1. The molecule has 0 aliphatic heterocycles. The summed E-state index contributed by atoms with van der Waals surface area (Å²) in [6.07, 6.45) is 0.129. The summed E-state index contributed by atoms with van der Waals surface area (Å²) < 4.78 is 36.7. The van der Waals surface area contributed by atoms with Crippen molar-refractivity contribution in [2.24, 2.45) is 10.2 Å². The molecular weight excluding hydrogens is 416 g/mol. The predicted molar refractivity (Wildman–Crippen MR) is 112 cm³/mol. The fourth-order valence-corrected chi connectivity index (χ4v) is 3.88. The van der Waals surface area contributed by atoms with Crippen molar-refractivity contribution < 1.29 is 22.8 Å². The fourth-order valence-electron chi connectivity index (χ4n) is 2.55. The van der Waals surface area contributed by atoms with Gasteiger partial charge in [0.2, 0.25) is 5.13 Å². The molecule has 1 heterocycles. The molecule has 0 atom stereocenters. The number of aryl methyl sites for hydroxylation is 1. The zero-order valence-electron chi connectivity index (χ0n) is 15.6. The highest BCUT2D eigenvalue weighted by atomic mass is 32.2. The first-order valence-electron chi connectivity index (χ1n) is 8.65. The monoisotopic (exact) mass is 436 g/mol. The van der Waals surface area contributed by atoms with Crippen molar-refractivity contribution in [1.82, 2.24) is 4.98 Å².